The molecule has 2 aromatic carbocycles. The smallest absolute Gasteiger partial charge is 0.315 e. The quantitative estimate of drug-likeness (QED) is 0.158. The number of nitrogens with one attached hydrogen (secondary N) is 1. The third-order valence-corrected chi connectivity index (χ3v) is 15.6. The highest BCUT2D eigenvalue weighted by Gasteiger charge is 2.50. The highest BCUT2D eigenvalue weighted by molar-refractivity contribution is 6.19. The zero-order valence-corrected chi connectivity index (χ0v) is 42.7. The van der Waals surface area contributed by atoms with E-state index in [4.69, 9.17) is 24.2 Å². The number of likely N-dealkylation sites (tertiary alicyclic amines) is 2. The van der Waals surface area contributed by atoms with Crippen molar-refractivity contribution in [2.45, 2.75) is 123 Å². The van der Waals surface area contributed by atoms with Crippen molar-refractivity contribution in [3.8, 4) is 17.2 Å². The average molecular weight is 984 g/mol. The molecule has 0 saturated carbocycles. The minimum atomic E-state index is -1.93. The van der Waals surface area contributed by atoms with E-state index in [1.165, 1.54) is 13.2 Å². The van der Waals surface area contributed by atoms with Crippen molar-refractivity contribution in [1.82, 2.24) is 19.6 Å². The number of Topliss-reactive ketones (excluding diaryl/α,β-unsaturated/α-hetero) is 1. The molecule has 71 heavy (non-hydrogen) atoms. The number of phenols is 2. The van der Waals surface area contributed by atoms with E-state index < -0.39 is 77.3 Å². The fraction of sp³-hybridized carbons (Fsp3) is 0.623. The van der Waals surface area contributed by atoms with Gasteiger partial charge in [-0.25, -0.2) is 0 Å². The number of nitrogens with zero attached hydrogens (tertiary/aromatic N) is 6. The van der Waals surface area contributed by atoms with Gasteiger partial charge in [-0.2, -0.15) is 0 Å². The molecule has 9 rings (SSSR count). The molecule has 2 aromatic rings. The van der Waals surface area contributed by atoms with Crippen LogP contribution < -0.4 is 20.8 Å². The van der Waals surface area contributed by atoms with Crippen LogP contribution in [0.25, 0.3) is 10.8 Å². The minimum absolute atomic E-state index is 0.0439. The Morgan fingerprint density at radius 1 is 0.930 bits per heavy atom. The molecule has 7 aliphatic rings. The van der Waals surface area contributed by atoms with Gasteiger partial charge in [-0.1, -0.05) is 52.8 Å². The first-order chi connectivity index (χ1) is 33.6. The number of hydrogen-bond donors (Lipinski definition) is 5. The topological polar surface area (TPSA) is 227 Å². The number of ketones is 1. The van der Waals surface area contributed by atoms with Gasteiger partial charge in [-0.15, -0.1) is 0 Å². The van der Waals surface area contributed by atoms with Gasteiger partial charge in [-0.3, -0.25) is 34.1 Å². The lowest BCUT2D eigenvalue weighted by molar-refractivity contribution is -0.159. The molecule has 7 aliphatic heterocycles. The minimum Gasteiger partial charge on any atom is -0.507 e. The molecule has 0 radical (unpaired) electrons. The number of piperidine rings is 1. The predicted molar refractivity (Wildman–Crippen MR) is 265 cm³/mol. The highest BCUT2D eigenvalue weighted by atomic mass is 16.7. The lowest BCUT2D eigenvalue weighted by Gasteiger charge is -2.46. The van der Waals surface area contributed by atoms with E-state index in [1.807, 2.05) is 0 Å². The normalized spacial score (nSPS) is 30.7. The summed E-state index contributed by atoms with van der Waals surface area (Å²) < 4.78 is 18.4. The SMILES string of the molecule is C/C1=C/C=C/C(C)[C@H](O)[C@@H](C)C(O)[C@@H](C)[C@H](OC(=O)CC(=O)N2CCN(C3CN(C)C3)CC2)CC/C=C/O[C@@]2(C)Oc3c(C)c(O)c4c(O)c(c5c(c4c3C2=O)=NC2(CCN(CC(C)C)CC2)N=5)NC1=O. The number of aromatic hydroxyl groups is 2. The van der Waals surface area contributed by atoms with Crippen molar-refractivity contribution >= 4 is 40.0 Å². The number of rotatable bonds is 6. The van der Waals surface area contributed by atoms with Crippen LogP contribution in [0.15, 0.2) is 46.1 Å². The summed E-state index contributed by atoms with van der Waals surface area (Å²) >= 11 is 0. The molecule has 1 spiro atoms. The first kappa shape index (κ1) is 51.9. The number of aliphatic hydroxyl groups is 2. The Kier molecular flexibility index (Phi) is 15.1. The molecule has 2 amide bonds. The molecular weight excluding hydrogens is 911 g/mol. The zero-order valence-electron chi connectivity index (χ0n) is 42.7. The summed E-state index contributed by atoms with van der Waals surface area (Å²) in [6, 6.07) is 0.479. The van der Waals surface area contributed by atoms with Gasteiger partial charge in [0.2, 0.25) is 5.91 Å². The molecule has 5 bridgehead atoms. The first-order valence-corrected chi connectivity index (χ1v) is 25.4. The maximum atomic E-state index is 14.8. The third kappa shape index (κ3) is 10.3. The Bertz CT molecular complexity index is 2650. The largest absolute Gasteiger partial charge is 0.507 e. The first-order valence-electron chi connectivity index (χ1n) is 25.4. The Labute approximate surface area is 415 Å². The van der Waals surface area contributed by atoms with Gasteiger partial charge >= 0.3 is 11.8 Å². The van der Waals surface area contributed by atoms with Crippen molar-refractivity contribution in [3.63, 3.8) is 0 Å². The maximum Gasteiger partial charge on any atom is 0.315 e. The number of anilines is 1. The monoisotopic (exact) mass is 984 g/mol. The number of allylic oxidation sites excluding steroid dienone is 3. The van der Waals surface area contributed by atoms with Crippen LogP contribution in [-0.2, 0) is 23.9 Å². The number of esters is 1. The molecule has 18 nitrogen and oxygen atoms in total. The third-order valence-electron chi connectivity index (χ3n) is 15.6. The summed E-state index contributed by atoms with van der Waals surface area (Å²) in [5, 5.41) is 50.6. The molecule has 18 heteroatoms. The van der Waals surface area contributed by atoms with Gasteiger partial charge in [0.1, 0.15) is 35.1 Å². The Morgan fingerprint density at radius 3 is 2.27 bits per heavy atom. The number of fused-ring (bicyclic) bond motifs is 13. The van der Waals surface area contributed by atoms with Crippen LogP contribution >= 0.6 is 0 Å². The van der Waals surface area contributed by atoms with E-state index in [1.54, 1.807) is 63.8 Å². The molecule has 0 aromatic heterocycles. The van der Waals surface area contributed by atoms with Crippen LogP contribution in [0.5, 0.6) is 17.2 Å². The van der Waals surface area contributed by atoms with E-state index >= 15 is 0 Å². The number of likely N-dealkylation sites (N-methyl/N-ethyl adjacent to an activating group) is 1. The summed E-state index contributed by atoms with van der Waals surface area (Å²) in [5.41, 5.74) is -0.574. The predicted octanol–water partition coefficient (Wildman–Crippen LogP) is 3.71. The summed E-state index contributed by atoms with van der Waals surface area (Å²) in [6.45, 7) is 21.0. The van der Waals surface area contributed by atoms with E-state index in [2.05, 4.69) is 40.9 Å². The van der Waals surface area contributed by atoms with Gasteiger partial charge in [0, 0.05) is 119 Å². The van der Waals surface area contributed by atoms with Gasteiger partial charge in [0.15, 0.2) is 11.4 Å². The number of carbonyl (C=O) groups is 4. The van der Waals surface area contributed by atoms with Crippen molar-refractivity contribution in [3.05, 3.63) is 58.0 Å². The molecular formula is C53H73N7O11. The Balaban J connectivity index is 1.11. The van der Waals surface area contributed by atoms with Gasteiger partial charge in [0.25, 0.3) is 11.7 Å². The van der Waals surface area contributed by atoms with Crippen LogP contribution in [0.2, 0.25) is 0 Å². The number of phenolic OH excluding ortho intramolecular Hbond substituents is 2. The summed E-state index contributed by atoms with van der Waals surface area (Å²) in [7, 11) is 2.08. The van der Waals surface area contributed by atoms with Crippen LogP contribution in [-0.4, -0.2) is 165 Å². The van der Waals surface area contributed by atoms with Crippen molar-refractivity contribution in [1.29, 1.82) is 0 Å². The van der Waals surface area contributed by atoms with Crippen LogP contribution in [0.4, 0.5) is 5.69 Å². The summed E-state index contributed by atoms with van der Waals surface area (Å²) in [5.74, 6) is -6.41. The van der Waals surface area contributed by atoms with Crippen molar-refractivity contribution in [2.75, 3.05) is 71.3 Å². The molecule has 3 fully saturated rings. The molecule has 5 N–H and O–H groups in total. The lowest BCUT2D eigenvalue weighted by Crippen LogP contribution is -2.62. The summed E-state index contributed by atoms with van der Waals surface area (Å²) in [4.78, 5) is 74.7. The second-order valence-electron chi connectivity index (χ2n) is 21.4. The number of aliphatic hydroxyl groups excluding tert-OH is 2. The number of ether oxygens (including phenoxy) is 3. The Hall–Kier alpha value is -5.40. The molecule has 386 valence electrons. The zero-order chi connectivity index (χ0) is 51.3. The van der Waals surface area contributed by atoms with E-state index in [0.29, 0.717) is 51.0 Å². The number of benzene rings is 2. The van der Waals surface area contributed by atoms with Gasteiger partial charge in [-0.05, 0) is 45.7 Å². The Morgan fingerprint density at radius 2 is 1.61 bits per heavy atom. The van der Waals surface area contributed by atoms with E-state index in [-0.39, 0.29) is 74.1 Å². The average Bonchev–Trinajstić information content (AvgIpc) is 3.82. The molecule has 2 unspecified atom stereocenters. The molecule has 3 saturated heterocycles. The lowest BCUT2D eigenvalue weighted by atomic mass is 9.81. The number of amides is 2. The highest BCUT2D eigenvalue weighted by Crippen LogP contribution is 2.50. The molecule has 0 aliphatic carbocycles. The fourth-order valence-electron chi connectivity index (χ4n) is 11.1. The number of piperazine rings is 1. The standard InChI is InChI=1S/C53H73N7O11/c1-29(2)26-58-18-16-53(17-19-58)55-42-39-40-47(65)34(7)49-41(39)50(67)52(8,71-49)69-24-11-10-15-36(70-38(62)25-37(61)60-22-20-59(21-23-60)35-27-57(9)28-35)32(5)46(64)33(6)45(63)30(3)13-12-14-31(4)51(68)54-44(48(40)66)43(42)56-53/h11-14,24,29-30,32-33,35-36,45-46,63-66H,10,15-23,25-28H2,1-9H3,(H,54,68)/b13-12+,24-11+,31-14-/t30?,32-,33+,36+,45-,46?,52-/m0/s1. The van der Waals surface area contributed by atoms with Gasteiger partial charge in [0.05, 0.1) is 34.8 Å². The summed E-state index contributed by atoms with van der Waals surface area (Å²) in [6.07, 6.45) is 5.83. The van der Waals surface area contributed by atoms with E-state index in [0.717, 1.165) is 32.7 Å². The second-order valence-corrected chi connectivity index (χ2v) is 21.4. The van der Waals surface area contributed by atoms with Gasteiger partial charge < -0.3 is 54.7 Å². The van der Waals surface area contributed by atoms with Crippen LogP contribution in [0.1, 0.15) is 96.5 Å². The molecule has 7 atom stereocenters. The van der Waals surface area contributed by atoms with Crippen LogP contribution in [0.3, 0.4) is 0 Å². The van der Waals surface area contributed by atoms with Crippen molar-refractivity contribution < 1.29 is 53.8 Å². The fourth-order valence-corrected chi connectivity index (χ4v) is 11.1. The second kappa shape index (κ2) is 20.6. The molecule has 7 heterocycles. The van der Waals surface area contributed by atoms with E-state index in [9.17, 15) is 39.6 Å². The number of carbonyl (C=O) groups excluding carboxylic acids is 4. The van der Waals surface area contributed by atoms with Crippen LogP contribution in [0, 0.1) is 30.6 Å². The number of hydrogen-bond acceptors (Lipinski definition) is 16. The maximum absolute atomic E-state index is 14.8. The van der Waals surface area contributed by atoms with Crippen molar-refractivity contribution in [2.24, 2.45) is 33.7 Å².